The van der Waals surface area contributed by atoms with E-state index >= 15 is 0 Å². The number of anilines is 2. The van der Waals surface area contributed by atoms with E-state index in [0.717, 1.165) is 6.07 Å². The molecular weight excluding hydrogens is 295 g/mol. The zero-order valence-electron chi connectivity index (χ0n) is 11.3. The highest BCUT2D eigenvalue weighted by Gasteiger charge is 2.10. The number of nitrogen functional groups attached to an aromatic ring is 1. The van der Waals surface area contributed by atoms with E-state index in [4.69, 9.17) is 22.1 Å². The van der Waals surface area contributed by atoms with Crippen molar-refractivity contribution in [3.8, 4) is 5.75 Å². The molecule has 0 atom stereocenters. The normalized spacial score (nSPS) is 10.2. The van der Waals surface area contributed by atoms with Crippen LogP contribution >= 0.6 is 11.6 Å². The van der Waals surface area contributed by atoms with Crippen molar-refractivity contribution in [3.05, 3.63) is 52.8 Å². The highest BCUT2D eigenvalue weighted by atomic mass is 35.5. The van der Waals surface area contributed by atoms with Gasteiger partial charge in [0.05, 0.1) is 12.3 Å². The van der Waals surface area contributed by atoms with Gasteiger partial charge in [-0.15, -0.1) is 0 Å². The molecule has 3 N–H and O–H groups in total. The van der Waals surface area contributed by atoms with Crippen LogP contribution < -0.4 is 15.8 Å². The Bertz CT molecular complexity index is 656. The summed E-state index contributed by atoms with van der Waals surface area (Å²) in [5.41, 5.74) is 6.78. The third kappa shape index (κ3) is 3.86. The van der Waals surface area contributed by atoms with Crippen molar-refractivity contribution in [2.75, 3.05) is 17.7 Å². The molecule has 0 heterocycles. The summed E-state index contributed by atoms with van der Waals surface area (Å²) in [5.74, 6) is -0.418. The lowest BCUT2D eigenvalue weighted by Gasteiger charge is -2.09. The van der Waals surface area contributed by atoms with Gasteiger partial charge in [-0.3, -0.25) is 4.79 Å². The number of nitrogens with one attached hydrogen (secondary N) is 1. The summed E-state index contributed by atoms with van der Waals surface area (Å²) in [6.07, 6.45) is 0. The molecule has 6 heteroatoms. The van der Waals surface area contributed by atoms with E-state index in [0.29, 0.717) is 23.6 Å². The number of hydrogen-bond acceptors (Lipinski definition) is 3. The van der Waals surface area contributed by atoms with Gasteiger partial charge in [-0.25, -0.2) is 4.39 Å². The van der Waals surface area contributed by atoms with Crippen LogP contribution in [-0.2, 0) is 0 Å². The third-order valence-electron chi connectivity index (χ3n) is 2.69. The highest BCUT2D eigenvalue weighted by Crippen LogP contribution is 2.24. The van der Waals surface area contributed by atoms with E-state index in [1.807, 2.05) is 6.92 Å². The minimum atomic E-state index is -0.524. The molecule has 0 aliphatic heterocycles. The predicted octanol–water partition coefficient (Wildman–Crippen LogP) is 3.71. The van der Waals surface area contributed by atoms with Crippen LogP contribution in [0, 0.1) is 5.82 Å². The second kappa shape index (κ2) is 6.45. The van der Waals surface area contributed by atoms with E-state index in [9.17, 15) is 9.18 Å². The van der Waals surface area contributed by atoms with Gasteiger partial charge in [0.15, 0.2) is 0 Å². The maximum Gasteiger partial charge on any atom is 0.255 e. The van der Waals surface area contributed by atoms with E-state index in [1.54, 1.807) is 12.1 Å². The maximum absolute atomic E-state index is 13.2. The van der Waals surface area contributed by atoms with Crippen molar-refractivity contribution in [1.82, 2.24) is 0 Å². The maximum atomic E-state index is 13.2. The average molecular weight is 309 g/mol. The lowest BCUT2D eigenvalue weighted by molar-refractivity contribution is 0.102. The lowest BCUT2D eigenvalue weighted by atomic mass is 10.1. The second-order valence-electron chi connectivity index (χ2n) is 4.30. The van der Waals surface area contributed by atoms with Crippen molar-refractivity contribution in [3.63, 3.8) is 0 Å². The quantitative estimate of drug-likeness (QED) is 0.846. The molecule has 0 saturated carbocycles. The third-order valence-corrected chi connectivity index (χ3v) is 2.91. The van der Waals surface area contributed by atoms with Gasteiger partial charge >= 0.3 is 0 Å². The van der Waals surface area contributed by atoms with Gasteiger partial charge in [0.2, 0.25) is 0 Å². The number of hydrogen-bond donors (Lipinski definition) is 2. The summed E-state index contributed by atoms with van der Waals surface area (Å²) >= 11 is 5.73. The van der Waals surface area contributed by atoms with Gasteiger partial charge in [0.25, 0.3) is 5.91 Å². The van der Waals surface area contributed by atoms with Crippen LogP contribution in [0.15, 0.2) is 36.4 Å². The zero-order valence-corrected chi connectivity index (χ0v) is 12.1. The summed E-state index contributed by atoms with van der Waals surface area (Å²) < 4.78 is 18.5. The molecule has 0 radical (unpaired) electrons. The molecule has 0 fully saturated rings. The zero-order chi connectivity index (χ0) is 15.4. The van der Waals surface area contributed by atoms with Gasteiger partial charge in [-0.05, 0) is 43.3 Å². The van der Waals surface area contributed by atoms with Crippen molar-refractivity contribution in [1.29, 1.82) is 0 Å². The fourth-order valence-corrected chi connectivity index (χ4v) is 2.03. The number of amides is 1. The van der Waals surface area contributed by atoms with E-state index in [-0.39, 0.29) is 10.7 Å². The Morgan fingerprint density at radius 2 is 2.10 bits per heavy atom. The molecule has 0 aliphatic carbocycles. The summed E-state index contributed by atoms with van der Waals surface area (Å²) in [6.45, 7) is 2.32. The molecule has 0 bridgehead atoms. The van der Waals surface area contributed by atoms with Crippen LogP contribution in [0.2, 0.25) is 5.02 Å². The lowest BCUT2D eigenvalue weighted by Crippen LogP contribution is -2.12. The monoisotopic (exact) mass is 308 g/mol. The molecule has 0 unspecified atom stereocenters. The number of rotatable bonds is 4. The average Bonchev–Trinajstić information content (AvgIpc) is 2.40. The molecule has 2 rings (SSSR count). The van der Waals surface area contributed by atoms with Gasteiger partial charge in [-0.2, -0.15) is 0 Å². The number of carbonyl (C=O) groups is 1. The molecule has 110 valence electrons. The van der Waals surface area contributed by atoms with Crippen LogP contribution in [0.5, 0.6) is 5.75 Å². The first-order valence-corrected chi connectivity index (χ1v) is 6.67. The first kappa shape index (κ1) is 15.1. The highest BCUT2D eigenvalue weighted by molar-refractivity contribution is 6.31. The molecule has 0 aromatic heterocycles. The van der Waals surface area contributed by atoms with Crippen LogP contribution in [0.25, 0.3) is 0 Å². The van der Waals surface area contributed by atoms with Crippen LogP contribution in [0.4, 0.5) is 15.8 Å². The largest absolute Gasteiger partial charge is 0.492 e. The Labute approximate surface area is 126 Å². The molecular formula is C15H14ClFN2O2. The first-order chi connectivity index (χ1) is 9.99. The van der Waals surface area contributed by atoms with Crippen molar-refractivity contribution < 1.29 is 13.9 Å². The summed E-state index contributed by atoms with van der Waals surface area (Å²) in [6, 6.07) is 8.50. The Morgan fingerprint density at radius 1 is 1.33 bits per heavy atom. The number of ether oxygens (including phenoxy) is 1. The predicted molar refractivity (Wildman–Crippen MR) is 81.4 cm³/mol. The molecule has 21 heavy (non-hydrogen) atoms. The molecule has 2 aromatic rings. The van der Waals surface area contributed by atoms with Gasteiger partial charge in [0, 0.05) is 16.3 Å². The van der Waals surface area contributed by atoms with Crippen LogP contribution in [0.3, 0.4) is 0 Å². The SMILES string of the molecule is CCOc1ccc(C(=O)Nc2cc(F)cc(Cl)c2)cc1N. The number of nitrogens with two attached hydrogens (primary N) is 1. The molecule has 0 saturated heterocycles. The number of benzene rings is 2. The van der Waals surface area contributed by atoms with Crippen LogP contribution in [-0.4, -0.2) is 12.5 Å². The fourth-order valence-electron chi connectivity index (χ4n) is 1.81. The Balaban J connectivity index is 2.18. The molecule has 1 amide bonds. The number of carbonyl (C=O) groups excluding carboxylic acids is 1. The van der Waals surface area contributed by atoms with E-state index < -0.39 is 11.7 Å². The topological polar surface area (TPSA) is 64.3 Å². The first-order valence-electron chi connectivity index (χ1n) is 6.29. The van der Waals surface area contributed by atoms with Gasteiger partial charge < -0.3 is 15.8 Å². The molecule has 0 aliphatic rings. The van der Waals surface area contributed by atoms with E-state index in [1.165, 1.54) is 18.2 Å². The van der Waals surface area contributed by atoms with Crippen molar-refractivity contribution in [2.24, 2.45) is 0 Å². The molecule has 2 aromatic carbocycles. The second-order valence-corrected chi connectivity index (χ2v) is 4.73. The Hall–Kier alpha value is -2.27. The van der Waals surface area contributed by atoms with Gasteiger partial charge in [0.1, 0.15) is 11.6 Å². The molecule has 4 nitrogen and oxygen atoms in total. The summed E-state index contributed by atoms with van der Waals surface area (Å²) in [4.78, 5) is 12.1. The van der Waals surface area contributed by atoms with Crippen LogP contribution in [0.1, 0.15) is 17.3 Å². The Kier molecular flexibility index (Phi) is 4.65. The fraction of sp³-hybridized carbons (Fsp3) is 0.133. The Morgan fingerprint density at radius 3 is 2.71 bits per heavy atom. The van der Waals surface area contributed by atoms with Gasteiger partial charge in [-0.1, -0.05) is 11.6 Å². The van der Waals surface area contributed by atoms with Crippen molar-refractivity contribution >= 4 is 28.9 Å². The van der Waals surface area contributed by atoms with E-state index in [2.05, 4.69) is 5.32 Å². The standard InChI is InChI=1S/C15H14ClFN2O2/c1-2-21-14-4-3-9(5-13(14)18)15(20)19-12-7-10(16)6-11(17)8-12/h3-8H,2,18H2,1H3,(H,19,20). The smallest absolute Gasteiger partial charge is 0.255 e. The minimum absolute atomic E-state index is 0.205. The summed E-state index contributed by atoms with van der Waals surface area (Å²) in [7, 11) is 0. The minimum Gasteiger partial charge on any atom is -0.492 e. The molecule has 0 spiro atoms. The summed E-state index contributed by atoms with van der Waals surface area (Å²) in [5, 5.41) is 2.76. The number of halogens is 2. The van der Waals surface area contributed by atoms with Crippen molar-refractivity contribution in [2.45, 2.75) is 6.92 Å².